The maximum atomic E-state index is 13.5. The topological polar surface area (TPSA) is 135 Å². The molecule has 206 valence electrons. The summed E-state index contributed by atoms with van der Waals surface area (Å²) in [5, 5.41) is 8.06. The van der Waals surface area contributed by atoms with Gasteiger partial charge < -0.3 is 30.2 Å². The number of methoxy groups -OCH3 is 1. The van der Waals surface area contributed by atoms with Crippen molar-refractivity contribution >= 4 is 23.7 Å². The molecule has 2 rings (SSSR count). The van der Waals surface area contributed by atoms with Crippen LogP contribution >= 0.6 is 0 Å². The van der Waals surface area contributed by atoms with Crippen LogP contribution in [0.2, 0.25) is 0 Å². The minimum absolute atomic E-state index is 0.130. The van der Waals surface area contributed by atoms with Gasteiger partial charge in [-0.1, -0.05) is 44.2 Å². The first kappa shape index (κ1) is 30.2. The van der Waals surface area contributed by atoms with E-state index in [2.05, 4.69) is 16.0 Å². The van der Waals surface area contributed by atoms with Crippen molar-refractivity contribution in [1.29, 1.82) is 0 Å². The number of carbonyl (C=O) groups excluding carboxylic acids is 4. The third kappa shape index (κ3) is 10.1. The van der Waals surface area contributed by atoms with Crippen molar-refractivity contribution in [3.8, 4) is 0 Å². The third-order valence-corrected chi connectivity index (χ3v) is 5.70. The first-order chi connectivity index (χ1) is 17.2. The largest absolute Gasteiger partial charge is 0.444 e. The SMILES string of the molecule is COC[C@H](NC(=O)OC(C)(C)C)C(=O)N[C@@H](Cc1ccccc1)C(=O)N[C@@H](CC(C)C)C(=O)[C@@]1(C)CO1. The number of benzene rings is 1. The Morgan fingerprint density at radius 1 is 0.973 bits per heavy atom. The van der Waals surface area contributed by atoms with E-state index in [1.165, 1.54) is 7.11 Å². The minimum atomic E-state index is -1.10. The number of amides is 3. The molecule has 10 heteroatoms. The van der Waals surface area contributed by atoms with E-state index in [1.54, 1.807) is 27.7 Å². The van der Waals surface area contributed by atoms with Gasteiger partial charge in [0.1, 0.15) is 23.3 Å². The van der Waals surface area contributed by atoms with Gasteiger partial charge in [0.2, 0.25) is 11.8 Å². The predicted molar refractivity (Wildman–Crippen MR) is 138 cm³/mol. The first-order valence-electron chi connectivity index (χ1n) is 12.6. The van der Waals surface area contributed by atoms with Crippen LogP contribution in [0.5, 0.6) is 0 Å². The Morgan fingerprint density at radius 3 is 2.05 bits per heavy atom. The second-order valence-corrected chi connectivity index (χ2v) is 11.0. The Kier molecular flexibility index (Phi) is 10.6. The summed E-state index contributed by atoms with van der Waals surface area (Å²) in [6, 6.07) is 6.33. The van der Waals surface area contributed by atoms with Gasteiger partial charge in [0, 0.05) is 13.5 Å². The van der Waals surface area contributed by atoms with Crippen molar-refractivity contribution < 1.29 is 33.4 Å². The quantitative estimate of drug-likeness (QED) is 0.340. The van der Waals surface area contributed by atoms with E-state index in [-0.39, 0.29) is 24.7 Å². The Balaban J connectivity index is 2.22. The summed E-state index contributed by atoms with van der Waals surface area (Å²) < 4.78 is 15.7. The Bertz CT molecular complexity index is 939. The van der Waals surface area contributed by atoms with Gasteiger partial charge in [0.15, 0.2) is 5.78 Å². The molecule has 0 aliphatic carbocycles. The predicted octanol–water partition coefficient (Wildman–Crippen LogP) is 2.14. The van der Waals surface area contributed by atoms with Gasteiger partial charge in [-0.05, 0) is 45.6 Å². The van der Waals surface area contributed by atoms with Crippen molar-refractivity contribution in [2.75, 3.05) is 20.3 Å². The van der Waals surface area contributed by atoms with Crippen LogP contribution in [0.25, 0.3) is 0 Å². The molecule has 1 saturated heterocycles. The summed E-state index contributed by atoms with van der Waals surface area (Å²) in [5.74, 6) is -1.17. The highest BCUT2D eigenvalue weighted by Gasteiger charge is 2.50. The number of alkyl carbamates (subject to hydrolysis) is 1. The van der Waals surface area contributed by atoms with Gasteiger partial charge >= 0.3 is 6.09 Å². The van der Waals surface area contributed by atoms with E-state index in [9.17, 15) is 19.2 Å². The lowest BCUT2D eigenvalue weighted by Crippen LogP contribution is -2.58. The maximum Gasteiger partial charge on any atom is 0.408 e. The van der Waals surface area contributed by atoms with Crippen LogP contribution in [0.3, 0.4) is 0 Å². The highest BCUT2D eigenvalue weighted by Crippen LogP contribution is 2.29. The van der Waals surface area contributed by atoms with Crippen molar-refractivity contribution in [2.24, 2.45) is 5.92 Å². The highest BCUT2D eigenvalue weighted by molar-refractivity contribution is 5.98. The van der Waals surface area contributed by atoms with Gasteiger partial charge in [-0.25, -0.2) is 4.79 Å². The fourth-order valence-corrected chi connectivity index (χ4v) is 3.73. The summed E-state index contributed by atoms with van der Waals surface area (Å²) in [5.41, 5.74) is -0.838. The number of hydrogen-bond donors (Lipinski definition) is 3. The van der Waals surface area contributed by atoms with Crippen molar-refractivity contribution in [3.05, 3.63) is 35.9 Å². The summed E-state index contributed by atoms with van der Waals surface area (Å²) in [7, 11) is 1.40. The molecule has 0 bridgehead atoms. The Labute approximate surface area is 219 Å². The molecule has 0 unspecified atom stereocenters. The van der Waals surface area contributed by atoms with Crippen LogP contribution in [-0.2, 0) is 35.0 Å². The Morgan fingerprint density at radius 2 is 1.54 bits per heavy atom. The lowest BCUT2D eigenvalue weighted by molar-refractivity contribution is -0.133. The smallest absolute Gasteiger partial charge is 0.408 e. The molecule has 3 amide bonds. The van der Waals surface area contributed by atoms with Crippen LogP contribution in [0, 0.1) is 5.92 Å². The van der Waals surface area contributed by atoms with E-state index < -0.39 is 47.2 Å². The molecule has 4 atom stereocenters. The van der Waals surface area contributed by atoms with E-state index >= 15 is 0 Å². The average molecular weight is 520 g/mol. The molecule has 10 nitrogen and oxygen atoms in total. The zero-order valence-electron chi connectivity index (χ0n) is 22.9. The van der Waals surface area contributed by atoms with Crippen LogP contribution in [0.1, 0.15) is 53.5 Å². The number of ether oxygens (including phenoxy) is 3. The van der Waals surface area contributed by atoms with Crippen molar-refractivity contribution in [1.82, 2.24) is 16.0 Å². The molecule has 1 aliphatic rings. The summed E-state index contributed by atoms with van der Waals surface area (Å²) >= 11 is 0. The summed E-state index contributed by atoms with van der Waals surface area (Å²) in [6.45, 7) is 10.9. The van der Waals surface area contributed by atoms with Crippen molar-refractivity contribution in [2.45, 2.75) is 83.7 Å². The molecule has 1 fully saturated rings. The monoisotopic (exact) mass is 519 g/mol. The van der Waals surface area contributed by atoms with Gasteiger partial charge in [0.25, 0.3) is 0 Å². The number of ketones is 1. The molecule has 1 heterocycles. The standard InChI is InChI=1S/C27H41N3O7/c1-17(2)13-19(22(31)27(6)16-36-27)28-23(32)20(14-18-11-9-8-10-12-18)29-24(33)21(15-35-7)30-25(34)37-26(3,4)5/h8-12,17,19-21H,13-16H2,1-7H3,(H,28,32)(H,29,33)(H,30,34)/t19-,20-,21-,27+/m0/s1. The zero-order valence-corrected chi connectivity index (χ0v) is 22.9. The van der Waals surface area contributed by atoms with Gasteiger partial charge in [0.05, 0.1) is 19.3 Å². The molecule has 3 N–H and O–H groups in total. The zero-order chi connectivity index (χ0) is 27.8. The van der Waals surface area contributed by atoms with E-state index in [4.69, 9.17) is 14.2 Å². The maximum absolute atomic E-state index is 13.5. The molecule has 1 aromatic carbocycles. The van der Waals surface area contributed by atoms with E-state index in [0.29, 0.717) is 13.0 Å². The van der Waals surface area contributed by atoms with Crippen LogP contribution in [0.15, 0.2) is 30.3 Å². The third-order valence-electron chi connectivity index (χ3n) is 5.70. The molecular formula is C27H41N3O7. The fourth-order valence-electron chi connectivity index (χ4n) is 3.73. The molecule has 0 spiro atoms. The highest BCUT2D eigenvalue weighted by atomic mass is 16.6. The number of Topliss-reactive ketones (excluding diaryl/α,β-unsaturated/α-hetero) is 1. The van der Waals surface area contributed by atoms with Crippen LogP contribution < -0.4 is 16.0 Å². The lowest BCUT2D eigenvalue weighted by Gasteiger charge is -2.27. The fraction of sp³-hybridized carbons (Fsp3) is 0.630. The average Bonchev–Trinajstić information content (AvgIpc) is 3.55. The molecule has 1 aliphatic heterocycles. The Hall–Kier alpha value is -2.98. The lowest BCUT2D eigenvalue weighted by atomic mass is 9.93. The number of epoxide rings is 1. The van der Waals surface area contributed by atoms with Gasteiger partial charge in [-0.2, -0.15) is 0 Å². The number of carbonyl (C=O) groups is 4. The first-order valence-corrected chi connectivity index (χ1v) is 12.6. The van der Waals surface area contributed by atoms with Crippen molar-refractivity contribution in [3.63, 3.8) is 0 Å². The number of rotatable bonds is 13. The minimum Gasteiger partial charge on any atom is -0.444 e. The second kappa shape index (κ2) is 13.0. The van der Waals surface area contributed by atoms with Crippen LogP contribution in [-0.4, -0.2) is 73.3 Å². The number of nitrogens with one attached hydrogen (secondary N) is 3. The van der Waals surface area contributed by atoms with Gasteiger partial charge in [-0.3, -0.25) is 14.4 Å². The van der Waals surface area contributed by atoms with Crippen LogP contribution in [0.4, 0.5) is 4.79 Å². The molecule has 37 heavy (non-hydrogen) atoms. The molecule has 1 aromatic rings. The molecule has 0 aromatic heterocycles. The second-order valence-electron chi connectivity index (χ2n) is 11.0. The number of hydrogen-bond acceptors (Lipinski definition) is 7. The molecule has 0 radical (unpaired) electrons. The molecular weight excluding hydrogens is 478 g/mol. The summed E-state index contributed by atoms with van der Waals surface area (Å²) in [4.78, 5) is 51.9. The summed E-state index contributed by atoms with van der Waals surface area (Å²) in [6.07, 6.45) is -0.169. The van der Waals surface area contributed by atoms with E-state index in [0.717, 1.165) is 5.56 Å². The van der Waals surface area contributed by atoms with E-state index in [1.807, 2.05) is 44.2 Å². The molecule has 0 saturated carbocycles. The normalized spacial score (nSPS) is 19.4. The van der Waals surface area contributed by atoms with Gasteiger partial charge in [-0.15, -0.1) is 0 Å².